The third-order valence-electron chi connectivity index (χ3n) is 3.34. The Balaban J connectivity index is 2.34. The molecule has 0 amide bonds. The highest BCUT2D eigenvalue weighted by Gasteiger charge is 2.66. The van der Waals surface area contributed by atoms with E-state index in [0.29, 0.717) is 6.61 Å². The third kappa shape index (κ3) is 0.713. The number of aliphatic hydroxyl groups excluding tert-OH is 1. The molecule has 2 saturated heterocycles. The SMILES string of the molecule is CN1C(O)C(C)(C)N(C)C12CO2. The maximum Gasteiger partial charge on any atom is 0.206 e. The van der Waals surface area contributed by atoms with E-state index in [9.17, 15) is 5.11 Å². The lowest BCUT2D eigenvalue weighted by molar-refractivity contribution is -0.0216. The van der Waals surface area contributed by atoms with Crippen LogP contribution in [-0.2, 0) is 4.74 Å². The molecule has 0 aromatic heterocycles. The number of ether oxygens (including phenoxy) is 1. The fourth-order valence-corrected chi connectivity index (χ4v) is 1.99. The summed E-state index contributed by atoms with van der Waals surface area (Å²) in [6, 6.07) is 0. The molecule has 0 radical (unpaired) electrons. The van der Waals surface area contributed by atoms with Gasteiger partial charge in [0.25, 0.3) is 0 Å². The Hall–Kier alpha value is -0.160. The van der Waals surface area contributed by atoms with Crippen molar-refractivity contribution in [2.45, 2.75) is 31.5 Å². The molecule has 0 aliphatic carbocycles. The van der Waals surface area contributed by atoms with E-state index in [1.807, 2.05) is 32.8 Å². The highest BCUT2D eigenvalue weighted by atomic mass is 16.6. The van der Waals surface area contributed by atoms with E-state index in [0.717, 1.165) is 0 Å². The van der Waals surface area contributed by atoms with Gasteiger partial charge in [-0.2, -0.15) is 0 Å². The van der Waals surface area contributed by atoms with Crippen LogP contribution in [-0.4, -0.2) is 53.2 Å². The first-order chi connectivity index (χ1) is 5.43. The first-order valence-electron chi connectivity index (χ1n) is 4.22. The monoisotopic (exact) mass is 172 g/mol. The molecule has 2 heterocycles. The first-order valence-corrected chi connectivity index (χ1v) is 4.22. The number of likely N-dealkylation sites (N-methyl/N-ethyl adjacent to an activating group) is 2. The summed E-state index contributed by atoms with van der Waals surface area (Å²) >= 11 is 0. The molecular formula is C8H16N2O2. The van der Waals surface area contributed by atoms with Gasteiger partial charge in [-0.3, -0.25) is 4.90 Å². The van der Waals surface area contributed by atoms with Gasteiger partial charge >= 0.3 is 0 Å². The van der Waals surface area contributed by atoms with Gasteiger partial charge in [0, 0.05) is 0 Å². The zero-order valence-electron chi connectivity index (χ0n) is 8.03. The summed E-state index contributed by atoms with van der Waals surface area (Å²) in [4.78, 5) is 3.97. The number of hydrogen-bond acceptors (Lipinski definition) is 4. The molecule has 2 rings (SSSR count). The Kier molecular flexibility index (Phi) is 1.41. The predicted octanol–water partition coefficient (Wildman–Crippen LogP) is -0.355. The predicted molar refractivity (Wildman–Crippen MR) is 44.3 cm³/mol. The van der Waals surface area contributed by atoms with Crippen LogP contribution in [0.3, 0.4) is 0 Å². The summed E-state index contributed by atoms with van der Waals surface area (Å²) in [5.41, 5.74) is -0.231. The van der Waals surface area contributed by atoms with Crippen molar-refractivity contribution in [3.05, 3.63) is 0 Å². The second-order valence-corrected chi connectivity index (χ2v) is 4.23. The van der Waals surface area contributed by atoms with Crippen LogP contribution in [0.2, 0.25) is 0 Å². The zero-order valence-corrected chi connectivity index (χ0v) is 8.03. The summed E-state index contributed by atoms with van der Waals surface area (Å²) in [7, 11) is 3.88. The first kappa shape index (κ1) is 8.44. The molecule has 2 unspecified atom stereocenters. The number of nitrogens with zero attached hydrogens (tertiary/aromatic N) is 2. The Labute approximate surface area is 72.7 Å². The third-order valence-corrected chi connectivity index (χ3v) is 3.34. The minimum absolute atomic E-state index is 0.231. The summed E-state index contributed by atoms with van der Waals surface area (Å²) in [5, 5.41) is 9.88. The molecule has 0 aromatic carbocycles. The summed E-state index contributed by atoms with van der Waals surface area (Å²) in [6.07, 6.45) is -0.454. The van der Waals surface area contributed by atoms with Crippen LogP contribution < -0.4 is 0 Å². The molecule has 70 valence electrons. The van der Waals surface area contributed by atoms with Gasteiger partial charge in [0.05, 0.1) is 5.54 Å². The molecule has 2 aliphatic heterocycles. The highest BCUT2D eigenvalue weighted by molar-refractivity contribution is 5.07. The van der Waals surface area contributed by atoms with Gasteiger partial charge in [-0.05, 0) is 27.9 Å². The van der Waals surface area contributed by atoms with Gasteiger partial charge in [0.15, 0.2) is 0 Å². The molecule has 0 bridgehead atoms. The van der Waals surface area contributed by atoms with Crippen LogP contribution in [0, 0.1) is 0 Å². The molecule has 4 nitrogen and oxygen atoms in total. The fraction of sp³-hybridized carbons (Fsp3) is 1.00. The van der Waals surface area contributed by atoms with Crippen molar-refractivity contribution in [2.24, 2.45) is 0 Å². The Morgan fingerprint density at radius 2 is 1.92 bits per heavy atom. The number of aliphatic hydroxyl groups is 1. The van der Waals surface area contributed by atoms with Crippen molar-refractivity contribution in [3.8, 4) is 0 Å². The quantitative estimate of drug-likeness (QED) is 0.507. The molecular weight excluding hydrogens is 156 g/mol. The number of rotatable bonds is 0. The van der Waals surface area contributed by atoms with E-state index < -0.39 is 6.23 Å². The normalized spacial score (nSPS) is 47.2. The van der Waals surface area contributed by atoms with Crippen LogP contribution in [0.5, 0.6) is 0 Å². The van der Waals surface area contributed by atoms with Gasteiger partial charge in [-0.1, -0.05) is 0 Å². The number of hydrogen-bond donors (Lipinski definition) is 1. The van der Waals surface area contributed by atoms with Crippen molar-refractivity contribution in [1.82, 2.24) is 9.80 Å². The van der Waals surface area contributed by atoms with Crippen molar-refractivity contribution in [2.75, 3.05) is 20.7 Å². The Morgan fingerprint density at radius 1 is 1.42 bits per heavy atom. The van der Waals surface area contributed by atoms with Crippen molar-refractivity contribution in [1.29, 1.82) is 0 Å². The molecule has 2 fully saturated rings. The Morgan fingerprint density at radius 3 is 2.08 bits per heavy atom. The molecule has 0 saturated carbocycles. The van der Waals surface area contributed by atoms with E-state index in [2.05, 4.69) is 4.90 Å². The average molecular weight is 172 g/mol. The van der Waals surface area contributed by atoms with Crippen molar-refractivity contribution in [3.63, 3.8) is 0 Å². The molecule has 4 heteroatoms. The topological polar surface area (TPSA) is 39.2 Å². The van der Waals surface area contributed by atoms with Crippen LogP contribution in [0.25, 0.3) is 0 Å². The molecule has 12 heavy (non-hydrogen) atoms. The van der Waals surface area contributed by atoms with Gasteiger partial charge in [0.2, 0.25) is 5.85 Å². The minimum atomic E-state index is -0.454. The molecule has 1 spiro atoms. The van der Waals surface area contributed by atoms with Crippen LogP contribution in [0.1, 0.15) is 13.8 Å². The largest absolute Gasteiger partial charge is 0.376 e. The lowest BCUT2D eigenvalue weighted by Crippen LogP contribution is -2.45. The Bertz CT molecular complexity index is 203. The molecule has 1 N–H and O–H groups in total. The van der Waals surface area contributed by atoms with Gasteiger partial charge in [-0.25, -0.2) is 4.90 Å². The average Bonchev–Trinajstić information content (AvgIpc) is 2.78. The van der Waals surface area contributed by atoms with E-state index in [1.165, 1.54) is 0 Å². The van der Waals surface area contributed by atoms with E-state index in [4.69, 9.17) is 4.74 Å². The van der Waals surface area contributed by atoms with E-state index in [1.54, 1.807) is 0 Å². The summed E-state index contributed by atoms with van der Waals surface area (Å²) in [5.74, 6) is -0.317. The zero-order chi connectivity index (χ0) is 9.15. The van der Waals surface area contributed by atoms with Crippen LogP contribution in [0.15, 0.2) is 0 Å². The minimum Gasteiger partial charge on any atom is -0.376 e. The maximum atomic E-state index is 9.88. The lowest BCUT2D eigenvalue weighted by Gasteiger charge is -2.29. The maximum absolute atomic E-state index is 9.88. The van der Waals surface area contributed by atoms with Gasteiger partial charge < -0.3 is 9.84 Å². The summed E-state index contributed by atoms with van der Waals surface area (Å²) < 4.78 is 5.38. The van der Waals surface area contributed by atoms with Gasteiger partial charge in [0.1, 0.15) is 12.8 Å². The van der Waals surface area contributed by atoms with Crippen LogP contribution in [0.4, 0.5) is 0 Å². The lowest BCUT2D eigenvalue weighted by atomic mass is 10.0. The van der Waals surface area contributed by atoms with Crippen LogP contribution >= 0.6 is 0 Å². The molecule has 2 aliphatic rings. The molecule has 2 atom stereocenters. The summed E-state index contributed by atoms with van der Waals surface area (Å²) in [6.45, 7) is 4.73. The van der Waals surface area contributed by atoms with E-state index >= 15 is 0 Å². The van der Waals surface area contributed by atoms with Crippen molar-refractivity contribution < 1.29 is 9.84 Å². The smallest absolute Gasteiger partial charge is 0.206 e. The fourth-order valence-electron chi connectivity index (χ4n) is 1.99. The second kappa shape index (κ2) is 2.01. The highest BCUT2D eigenvalue weighted by Crippen LogP contribution is 2.46. The van der Waals surface area contributed by atoms with Gasteiger partial charge in [-0.15, -0.1) is 0 Å². The second-order valence-electron chi connectivity index (χ2n) is 4.23. The van der Waals surface area contributed by atoms with E-state index in [-0.39, 0.29) is 11.4 Å². The standard InChI is InChI=1S/C8H16N2O2/c1-7(2)6(11)9(3)8(5-12-8)10(7)4/h6,11H,5H2,1-4H3. The van der Waals surface area contributed by atoms with Crippen molar-refractivity contribution >= 4 is 0 Å². The number of epoxide rings is 1. The molecule has 0 aromatic rings.